The molecular weight excluding hydrogens is 256 g/mol. The number of carbonyl (C=O) groups excluding carboxylic acids is 2. The average molecular weight is 274 g/mol. The molecule has 19 heavy (non-hydrogen) atoms. The van der Waals surface area contributed by atoms with Crippen molar-refractivity contribution in [3.8, 4) is 0 Å². The van der Waals surface area contributed by atoms with Crippen molar-refractivity contribution in [2.24, 2.45) is 0 Å². The summed E-state index contributed by atoms with van der Waals surface area (Å²) in [6, 6.07) is -2.42. The number of ether oxygens (including phenoxy) is 2. The lowest BCUT2D eigenvalue weighted by molar-refractivity contribution is -0.151. The molecule has 1 aliphatic rings. The van der Waals surface area contributed by atoms with E-state index >= 15 is 0 Å². The number of carboxylic acids is 1. The standard InChI is InChI=1S/C11H18N2O6/c1-3-7(9(14)15)12-11(17)13-4-5-19-6-8(13)10(16)18-2/h7-8H,3-6H2,1-2H3,(H,12,17)(H,14,15). The average Bonchev–Trinajstić information content (AvgIpc) is 2.43. The smallest absolute Gasteiger partial charge is 0.331 e. The van der Waals surface area contributed by atoms with Crippen LogP contribution in [-0.4, -0.2) is 66.9 Å². The van der Waals surface area contributed by atoms with Crippen LogP contribution in [0, 0.1) is 0 Å². The Kier molecular flexibility index (Phi) is 5.56. The maximum absolute atomic E-state index is 12.0. The molecule has 1 heterocycles. The van der Waals surface area contributed by atoms with Crippen molar-refractivity contribution in [2.45, 2.75) is 25.4 Å². The molecule has 0 bridgehead atoms. The van der Waals surface area contributed by atoms with Gasteiger partial charge in [-0.3, -0.25) is 0 Å². The molecule has 0 aliphatic carbocycles. The number of hydrogen-bond donors (Lipinski definition) is 2. The first-order valence-electron chi connectivity index (χ1n) is 5.96. The molecule has 1 rings (SSSR count). The summed E-state index contributed by atoms with van der Waals surface area (Å²) in [6.07, 6.45) is 0.258. The third-order valence-corrected chi connectivity index (χ3v) is 2.87. The molecule has 1 saturated heterocycles. The van der Waals surface area contributed by atoms with Gasteiger partial charge in [-0.2, -0.15) is 0 Å². The summed E-state index contributed by atoms with van der Waals surface area (Å²) in [7, 11) is 1.22. The van der Waals surface area contributed by atoms with E-state index in [1.807, 2.05) is 0 Å². The van der Waals surface area contributed by atoms with Gasteiger partial charge in [0.1, 0.15) is 6.04 Å². The molecule has 2 N–H and O–H groups in total. The van der Waals surface area contributed by atoms with Crippen molar-refractivity contribution in [2.75, 3.05) is 26.9 Å². The Hall–Kier alpha value is -1.83. The number of nitrogens with zero attached hydrogens (tertiary/aromatic N) is 1. The molecule has 2 amide bonds. The number of hydrogen-bond acceptors (Lipinski definition) is 5. The number of methoxy groups -OCH3 is 1. The lowest BCUT2D eigenvalue weighted by Crippen LogP contribution is -2.58. The Balaban J connectivity index is 2.71. The summed E-state index contributed by atoms with van der Waals surface area (Å²) < 4.78 is 9.72. The lowest BCUT2D eigenvalue weighted by Gasteiger charge is -2.34. The molecule has 8 nitrogen and oxygen atoms in total. The van der Waals surface area contributed by atoms with Gasteiger partial charge >= 0.3 is 18.0 Å². The van der Waals surface area contributed by atoms with Crippen molar-refractivity contribution < 1.29 is 29.0 Å². The van der Waals surface area contributed by atoms with E-state index in [4.69, 9.17) is 9.84 Å². The number of carboxylic acid groups (broad SMARTS) is 1. The quantitative estimate of drug-likeness (QED) is 0.665. The van der Waals surface area contributed by atoms with Gasteiger partial charge in [0, 0.05) is 6.54 Å². The molecule has 1 aliphatic heterocycles. The van der Waals surface area contributed by atoms with Crippen LogP contribution in [0.5, 0.6) is 0 Å². The molecular formula is C11H18N2O6. The van der Waals surface area contributed by atoms with Gasteiger partial charge < -0.3 is 24.8 Å². The highest BCUT2D eigenvalue weighted by Crippen LogP contribution is 2.09. The molecule has 0 spiro atoms. The predicted octanol–water partition coefficient (Wildman–Crippen LogP) is -0.567. The summed E-state index contributed by atoms with van der Waals surface area (Å²) >= 11 is 0. The van der Waals surface area contributed by atoms with Gasteiger partial charge in [-0.1, -0.05) is 6.92 Å². The van der Waals surface area contributed by atoms with Gasteiger partial charge in [0.25, 0.3) is 0 Å². The normalized spacial score (nSPS) is 20.5. The van der Waals surface area contributed by atoms with E-state index in [9.17, 15) is 14.4 Å². The van der Waals surface area contributed by atoms with Gasteiger partial charge in [0.2, 0.25) is 0 Å². The lowest BCUT2D eigenvalue weighted by atomic mass is 10.2. The second-order valence-corrected chi connectivity index (χ2v) is 4.06. The van der Waals surface area contributed by atoms with Crippen LogP contribution in [0.4, 0.5) is 4.79 Å². The third kappa shape index (κ3) is 3.82. The first-order valence-corrected chi connectivity index (χ1v) is 5.96. The highest BCUT2D eigenvalue weighted by molar-refractivity contribution is 5.86. The predicted molar refractivity (Wildman–Crippen MR) is 63.6 cm³/mol. The maximum atomic E-state index is 12.0. The molecule has 108 valence electrons. The number of aliphatic carboxylic acids is 1. The Labute approximate surface area is 110 Å². The van der Waals surface area contributed by atoms with Crippen molar-refractivity contribution in [1.29, 1.82) is 0 Å². The number of esters is 1. The zero-order valence-electron chi connectivity index (χ0n) is 10.9. The summed E-state index contributed by atoms with van der Waals surface area (Å²) in [5.41, 5.74) is 0. The molecule has 2 atom stereocenters. The van der Waals surface area contributed by atoms with E-state index in [1.54, 1.807) is 6.92 Å². The second kappa shape index (κ2) is 6.93. The van der Waals surface area contributed by atoms with E-state index < -0.39 is 30.1 Å². The van der Waals surface area contributed by atoms with E-state index in [2.05, 4.69) is 10.1 Å². The van der Waals surface area contributed by atoms with E-state index in [1.165, 1.54) is 12.0 Å². The van der Waals surface area contributed by atoms with Crippen LogP contribution in [0.2, 0.25) is 0 Å². The Bertz CT molecular complexity index is 359. The van der Waals surface area contributed by atoms with E-state index in [0.29, 0.717) is 6.61 Å². The van der Waals surface area contributed by atoms with Gasteiger partial charge in [-0.15, -0.1) is 0 Å². The van der Waals surface area contributed by atoms with Crippen molar-refractivity contribution in [1.82, 2.24) is 10.2 Å². The Morgan fingerprint density at radius 1 is 1.53 bits per heavy atom. The van der Waals surface area contributed by atoms with Crippen LogP contribution in [0.25, 0.3) is 0 Å². The van der Waals surface area contributed by atoms with E-state index in [0.717, 1.165) is 0 Å². The molecule has 0 saturated carbocycles. The van der Waals surface area contributed by atoms with Crippen LogP contribution in [0.1, 0.15) is 13.3 Å². The van der Waals surface area contributed by atoms with Crippen LogP contribution < -0.4 is 5.32 Å². The fourth-order valence-electron chi connectivity index (χ4n) is 1.75. The molecule has 2 unspecified atom stereocenters. The summed E-state index contributed by atoms with van der Waals surface area (Å²) in [5, 5.41) is 11.3. The highest BCUT2D eigenvalue weighted by atomic mass is 16.5. The third-order valence-electron chi connectivity index (χ3n) is 2.87. The number of amides is 2. The monoisotopic (exact) mass is 274 g/mol. The number of urea groups is 1. The highest BCUT2D eigenvalue weighted by Gasteiger charge is 2.34. The van der Waals surface area contributed by atoms with Crippen LogP contribution in [0.3, 0.4) is 0 Å². The van der Waals surface area contributed by atoms with Gasteiger partial charge in [0.05, 0.1) is 20.3 Å². The topological polar surface area (TPSA) is 105 Å². The van der Waals surface area contributed by atoms with Gasteiger partial charge in [0.15, 0.2) is 6.04 Å². The number of morpholine rings is 1. The summed E-state index contributed by atoms with van der Waals surface area (Å²) in [6.45, 7) is 2.20. The van der Waals surface area contributed by atoms with Crippen LogP contribution >= 0.6 is 0 Å². The molecule has 0 aromatic heterocycles. The first-order chi connectivity index (χ1) is 9.01. The van der Waals surface area contributed by atoms with Crippen LogP contribution in [0.15, 0.2) is 0 Å². The first kappa shape index (κ1) is 15.2. The molecule has 0 radical (unpaired) electrons. The fourth-order valence-corrected chi connectivity index (χ4v) is 1.75. The minimum atomic E-state index is -1.11. The van der Waals surface area contributed by atoms with Crippen molar-refractivity contribution in [3.05, 3.63) is 0 Å². The van der Waals surface area contributed by atoms with Gasteiger partial charge in [-0.25, -0.2) is 14.4 Å². The molecule has 1 fully saturated rings. The van der Waals surface area contributed by atoms with Gasteiger partial charge in [-0.05, 0) is 6.42 Å². The maximum Gasteiger partial charge on any atom is 0.331 e. The summed E-state index contributed by atoms with van der Waals surface area (Å²) in [5.74, 6) is -1.70. The Morgan fingerprint density at radius 2 is 2.21 bits per heavy atom. The number of nitrogens with one attached hydrogen (secondary N) is 1. The van der Waals surface area contributed by atoms with E-state index in [-0.39, 0.29) is 19.6 Å². The fraction of sp³-hybridized carbons (Fsp3) is 0.727. The largest absolute Gasteiger partial charge is 0.480 e. The molecule has 0 aromatic rings. The number of carbonyl (C=O) groups is 3. The van der Waals surface area contributed by atoms with Crippen LogP contribution in [-0.2, 0) is 19.1 Å². The zero-order valence-corrected chi connectivity index (χ0v) is 10.9. The zero-order chi connectivity index (χ0) is 14.4. The molecule has 0 aromatic carbocycles. The van der Waals surface area contributed by atoms with Crippen molar-refractivity contribution >= 4 is 18.0 Å². The SMILES string of the molecule is CCC(NC(=O)N1CCOCC1C(=O)OC)C(=O)O. The second-order valence-electron chi connectivity index (χ2n) is 4.06. The summed E-state index contributed by atoms with van der Waals surface area (Å²) in [4.78, 5) is 35.6. The number of rotatable bonds is 4. The Morgan fingerprint density at radius 3 is 2.74 bits per heavy atom. The van der Waals surface area contributed by atoms with Crippen molar-refractivity contribution in [3.63, 3.8) is 0 Å². The molecule has 8 heteroatoms. The minimum Gasteiger partial charge on any atom is -0.480 e. The minimum absolute atomic E-state index is 0.0456.